The maximum atomic E-state index is 11.2. The molecule has 0 spiro atoms. The number of esters is 1. The van der Waals surface area contributed by atoms with Gasteiger partial charge in [0.15, 0.2) is 11.5 Å². The first-order chi connectivity index (χ1) is 9.62. The molecule has 0 bridgehead atoms. The van der Waals surface area contributed by atoms with Gasteiger partial charge in [-0.25, -0.2) is 10.2 Å². The van der Waals surface area contributed by atoms with Gasteiger partial charge in [-0.05, 0) is 30.7 Å². The molecule has 0 saturated heterocycles. The summed E-state index contributed by atoms with van der Waals surface area (Å²) in [7, 11) is 3.05. The van der Waals surface area contributed by atoms with Crippen molar-refractivity contribution in [1.29, 1.82) is 0 Å². The Morgan fingerprint density at radius 1 is 1.25 bits per heavy atom. The largest absolute Gasteiger partial charge is 0.493 e. The molecule has 0 saturated carbocycles. The number of amides is 1. The van der Waals surface area contributed by atoms with Gasteiger partial charge in [0.2, 0.25) is 0 Å². The molecule has 1 N–H and O–H groups in total. The van der Waals surface area contributed by atoms with Crippen molar-refractivity contribution in [2.75, 3.05) is 20.8 Å². The molecule has 0 atom stereocenters. The summed E-state index contributed by atoms with van der Waals surface area (Å²) in [6, 6.07) is 5.10. The number of carbonyl (C=O) groups is 2. The second kappa shape index (κ2) is 7.78. The molecule has 0 aromatic heterocycles. The zero-order valence-corrected chi connectivity index (χ0v) is 11.5. The third-order valence-electron chi connectivity index (χ3n) is 2.25. The zero-order chi connectivity index (χ0) is 15.0. The Morgan fingerprint density at radius 2 is 1.95 bits per heavy atom. The zero-order valence-electron chi connectivity index (χ0n) is 11.5. The summed E-state index contributed by atoms with van der Waals surface area (Å²) in [6.45, 7) is 1.74. The minimum atomic E-state index is -0.975. The number of rotatable bonds is 5. The van der Waals surface area contributed by atoms with Gasteiger partial charge in [-0.1, -0.05) is 0 Å². The fraction of sp³-hybridized carbons (Fsp3) is 0.308. The highest BCUT2D eigenvalue weighted by molar-refractivity contribution is 6.32. The minimum absolute atomic E-state index is 0.131. The van der Waals surface area contributed by atoms with Gasteiger partial charge in [-0.2, -0.15) is 5.10 Å². The van der Waals surface area contributed by atoms with E-state index in [1.807, 2.05) is 0 Å². The lowest BCUT2D eigenvalue weighted by Crippen LogP contribution is -2.28. The molecule has 20 heavy (non-hydrogen) atoms. The number of benzene rings is 1. The summed E-state index contributed by atoms with van der Waals surface area (Å²) in [6.07, 6.45) is 1.37. The van der Waals surface area contributed by atoms with Crippen LogP contribution in [0, 0.1) is 0 Å². The van der Waals surface area contributed by atoms with Gasteiger partial charge < -0.3 is 14.2 Å². The van der Waals surface area contributed by atoms with Gasteiger partial charge >= 0.3 is 11.9 Å². The average Bonchev–Trinajstić information content (AvgIpc) is 2.47. The maximum absolute atomic E-state index is 11.2. The Kier molecular flexibility index (Phi) is 6.02. The van der Waals surface area contributed by atoms with Crippen LogP contribution in [-0.4, -0.2) is 38.9 Å². The van der Waals surface area contributed by atoms with Crippen molar-refractivity contribution in [2.45, 2.75) is 6.92 Å². The topological polar surface area (TPSA) is 86.2 Å². The molecule has 7 heteroatoms. The number of hydrogen-bond donors (Lipinski definition) is 1. The van der Waals surface area contributed by atoms with Crippen LogP contribution in [0.4, 0.5) is 0 Å². The highest BCUT2D eigenvalue weighted by Crippen LogP contribution is 2.26. The third kappa shape index (κ3) is 4.27. The second-order valence-electron chi connectivity index (χ2n) is 3.53. The van der Waals surface area contributed by atoms with Crippen LogP contribution in [0.25, 0.3) is 0 Å². The van der Waals surface area contributed by atoms with Crippen molar-refractivity contribution in [2.24, 2.45) is 5.10 Å². The van der Waals surface area contributed by atoms with Gasteiger partial charge in [0.1, 0.15) is 0 Å². The standard InChI is InChI=1S/C13H16N2O5/c1-4-20-13(17)12(16)15-14-8-9-5-6-10(18-2)11(7-9)19-3/h5-8H,4H2,1-3H3,(H,15,16)/b14-8+. The van der Waals surface area contributed by atoms with Crippen molar-refractivity contribution in [3.63, 3.8) is 0 Å². The predicted molar refractivity (Wildman–Crippen MR) is 71.9 cm³/mol. The van der Waals surface area contributed by atoms with Gasteiger partial charge in [-0.15, -0.1) is 0 Å². The molecule has 108 valence electrons. The molecular formula is C13H16N2O5. The Balaban J connectivity index is 2.67. The Hall–Kier alpha value is -2.57. The first-order valence-corrected chi connectivity index (χ1v) is 5.84. The fourth-order valence-corrected chi connectivity index (χ4v) is 1.34. The van der Waals surface area contributed by atoms with Crippen LogP contribution < -0.4 is 14.9 Å². The molecule has 0 fully saturated rings. The Morgan fingerprint density at radius 3 is 2.55 bits per heavy atom. The number of methoxy groups -OCH3 is 2. The molecular weight excluding hydrogens is 264 g/mol. The van der Waals surface area contributed by atoms with E-state index in [0.717, 1.165) is 0 Å². The van der Waals surface area contributed by atoms with E-state index >= 15 is 0 Å². The van der Waals surface area contributed by atoms with Gasteiger partial charge in [0.25, 0.3) is 0 Å². The Labute approximate surface area is 116 Å². The van der Waals surface area contributed by atoms with E-state index in [4.69, 9.17) is 9.47 Å². The van der Waals surface area contributed by atoms with Crippen LogP contribution in [-0.2, 0) is 14.3 Å². The molecule has 1 amide bonds. The second-order valence-corrected chi connectivity index (χ2v) is 3.53. The summed E-state index contributed by atoms with van der Waals surface area (Å²) in [5.41, 5.74) is 2.74. The van der Waals surface area contributed by atoms with Crippen molar-refractivity contribution in [1.82, 2.24) is 5.43 Å². The summed E-state index contributed by atoms with van der Waals surface area (Å²) in [5.74, 6) is -0.783. The van der Waals surface area contributed by atoms with Crippen LogP contribution in [0.5, 0.6) is 11.5 Å². The van der Waals surface area contributed by atoms with E-state index in [1.165, 1.54) is 20.4 Å². The van der Waals surface area contributed by atoms with E-state index in [9.17, 15) is 9.59 Å². The molecule has 1 rings (SSSR count). The van der Waals surface area contributed by atoms with Gasteiger partial charge in [-0.3, -0.25) is 4.79 Å². The number of ether oxygens (including phenoxy) is 3. The lowest BCUT2D eigenvalue weighted by atomic mass is 10.2. The molecule has 0 aliphatic rings. The molecule has 0 unspecified atom stereocenters. The molecule has 1 aromatic carbocycles. The first kappa shape index (κ1) is 15.5. The van der Waals surface area contributed by atoms with E-state index in [0.29, 0.717) is 17.1 Å². The van der Waals surface area contributed by atoms with Crippen molar-refractivity contribution >= 4 is 18.1 Å². The average molecular weight is 280 g/mol. The van der Waals surface area contributed by atoms with Crippen LogP contribution in [0.1, 0.15) is 12.5 Å². The molecule has 7 nitrogen and oxygen atoms in total. The van der Waals surface area contributed by atoms with Crippen LogP contribution in [0.3, 0.4) is 0 Å². The van der Waals surface area contributed by atoms with Crippen molar-refractivity contribution < 1.29 is 23.8 Å². The van der Waals surface area contributed by atoms with Gasteiger partial charge in [0, 0.05) is 0 Å². The van der Waals surface area contributed by atoms with E-state index in [-0.39, 0.29) is 6.61 Å². The third-order valence-corrected chi connectivity index (χ3v) is 2.25. The van der Waals surface area contributed by atoms with E-state index in [1.54, 1.807) is 25.1 Å². The highest BCUT2D eigenvalue weighted by atomic mass is 16.5. The number of nitrogens with one attached hydrogen (secondary N) is 1. The van der Waals surface area contributed by atoms with Crippen LogP contribution >= 0.6 is 0 Å². The minimum Gasteiger partial charge on any atom is -0.493 e. The molecule has 0 heterocycles. The molecule has 0 aliphatic heterocycles. The van der Waals surface area contributed by atoms with Gasteiger partial charge in [0.05, 0.1) is 27.0 Å². The summed E-state index contributed by atoms with van der Waals surface area (Å²) in [4.78, 5) is 22.2. The number of hydrogen-bond acceptors (Lipinski definition) is 6. The van der Waals surface area contributed by atoms with Crippen LogP contribution in [0.15, 0.2) is 23.3 Å². The molecule has 0 radical (unpaired) electrons. The lowest BCUT2D eigenvalue weighted by Gasteiger charge is -2.07. The molecule has 0 aliphatic carbocycles. The molecule has 1 aromatic rings. The highest BCUT2D eigenvalue weighted by Gasteiger charge is 2.12. The quantitative estimate of drug-likeness (QED) is 0.371. The summed E-state index contributed by atoms with van der Waals surface area (Å²) in [5, 5.41) is 3.65. The maximum Gasteiger partial charge on any atom is 0.398 e. The van der Waals surface area contributed by atoms with E-state index < -0.39 is 11.9 Å². The SMILES string of the molecule is CCOC(=O)C(=O)N/N=C/c1ccc(OC)c(OC)c1. The van der Waals surface area contributed by atoms with Crippen LogP contribution in [0.2, 0.25) is 0 Å². The summed E-state index contributed by atoms with van der Waals surface area (Å²) >= 11 is 0. The first-order valence-electron chi connectivity index (χ1n) is 5.84. The van der Waals surface area contributed by atoms with E-state index in [2.05, 4.69) is 15.3 Å². The van der Waals surface area contributed by atoms with Crippen molar-refractivity contribution in [3.8, 4) is 11.5 Å². The fourth-order valence-electron chi connectivity index (χ4n) is 1.34. The normalized spacial score (nSPS) is 10.2. The van der Waals surface area contributed by atoms with Crippen molar-refractivity contribution in [3.05, 3.63) is 23.8 Å². The predicted octanol–water partition coefficient (Wildman–Crippen LogP) is 0.717. The number of hydrazone groups is 1. The Bertz CT molecular complexity index is 513. The smallest absolute Gasteiger partial charge is 0.398 e. The number of nitrogens with zero attached hydrogens (tertiary/aromatic N) is 1. The summed E-state index contributed by atoms with van der Waals surface area (Å²) < 4.78 is 14.7. The number of carbonyl (C=O) groups excluding carboxylic acids is 2. The monoisotopic (exact) mass is 280 g/mol. The lowest BCUT2D eigenvalue weighted by molar-refractivity contribution is -0.154.